The Hall–Kier alpha value is -1.68. The third kappa shape index (κ3) is 4.36. The van der Waals surface area contributed by atoms with Crippen molar-refractivity contribution in [2.24, 2.45) is 0 Å². The number of aliphatic hydroxyl groups excluding tert-OH is 1. The second-order valence-electron chi connectivity index (χ2n) is 3.88. The zero-order chi connectivity index (χ0) is 12.7. The molecule has 0 saturated carbocycles. The first-order chi connectivity index (χ1) is 8.15. The van der Waals surface area contributed by atoms with Gasteiger partial charge in [0.2, 0.25) is 6.04 Å². The van der Waals surface area contributed by atoms with Crippen LogP contribution in [0.2, 0.25) is 0 Å². The molecule has 0 fully saturated rings. The molecule has 0 unspecified atom stereocenters. The van der Waals surface area contributed by atoms with Crippen molar-refractivity contribution in [2.75, 3.05) is 0 Å². The highest BCUT2D eigenvalue weighted by Crippen LogP contribution is 2.09. The summed E-state index contributed by atoms with van der Waals surface area (Å²) in [5.74, 6) is 0. The largest absolute Gasteiger partial charge is 0.386 e. The van der Waals surface area contributed by atoms with Crippen molar-refractivity contribution >= 4 is 6.08 Å². The molecular weight excluding hydrogens is 218 g/mol. The van der Waals surface area contributed by atoms with E-state index in [4.69, 9.17) is 0 Å². The first-order valence-corrected chi connectivity index (χ1v) is 5.68. The minimum absolute atomic E-state index is 0.300. The molecule has 0 heterocycles. The first kappa shape index (κ1) is 13.4. The van der Waals surface area contributed by atoms with E-state index in [0.29, 0.717) is 12.8 Å². The van der Waals surface area contributed by atoms with Crippen molar-refractivity contribution in [3.8, 4) is 0 Å². The predicted molar refractivity (Wildman–Crippen MR) is 67.2 cm³/mol. The molecule has 0 radical (unpaired) electrons. The topological polar surface area (TPSA) is 63.4 Å². The standard InChI is InChI=1S/C13H17NO3/c1-2-12(14(16)17)13(15)10-6-9-11-7-4-3-5-8-11/h3-9,12-13,15H,2,10H2,1H3/b9-6+/t12-,13-/m0/s1. The van der Waals surface area contributed by atoms with Gasteiger partial charge in [-0.2, -0.15) is 0 Å². The van der Waals surface area contributed by atoms with E-state index in [9.17, 15) is 15.2 Å². The maximum absolute atomic E-state index is 10.6. The summed E-state index contributed by atoms with van der Waals surface area (Å²) in [4.78, 5) is 10.2. The van der Waals surface area contributed by atoms with E-state index in [0.717, 1.165) is 5.56 Å². The van der Waals surface area contributed by atoms with E-state index in [1.165, 1.54) is 0 Å². The number of rotatable bonds is 6. The van der Waals surface area contributed by atoms with Crippen LogP contribution in [-0.2, 0) is 0 Å². The summed E-state index contributed by atoms with van der Waals surface area (Å²) >= 11 is 0. The maximum Gasteiger partial charge on any atom is 0.238 e. The average Bonchev–Trinajstić information content (AvgIpc) is 2.30. The summed E-state index contributed by atoms with van der Waals surface area (Å²) in [6.45, 7) is 1.71. The quantitative estimate of drug-likeness (QED) is 0.608. The summed E-state index contributed by atoms with van der Waals surface area (Å²) < 4.78 is 0. The predicted octanol–water partition coefficient (Wildman–Crippen LogP) is 2.51. The van der Waals surface area contributed by atoms with Gasteiger partial charge in [0.05, 0.1) is 0 Å². The van der Waals surface area contributed by atoms with Crippen LogP contribution in [0.5, 0.6) is 0 Å². The highest BCUT2D eigenvalue weighted by Gasteiger charge is 2.26. The molecule has 0 spiro atoms. The number of nitrogens with zero attached hydrogens (tertiary/aromatic N) is 1. The monoisotopic (exact) mass is 235 g/mol. The summed E-state index contributed by atoms with van der Waals surface area (Å²) in [6, 6.07) is 8.76. The zero-order valence-corrected chi connectivity index (χ0v) is 9.82. The lowest BCUT2D eigenvalue weighted by Crippen LogP contribution is -2.32. The normalized spacial score (nSPS) is 14.7. The van der Waals surface area contributed by atoms with Crippen LogP contribution in [0.3, 0.4) is 0 Å². The Labute approximate surface area is 101 Å². The van der Waals surface area contributed by atoms with Crippen molar-refractivity contribution in [2.45, 2.75) is 31.9 Å². The highest BCUT2D eigenvalue weighted by atomic mass is 16.6. The molecule has 1 N–H and O–H groups in total. The van der Waals surface area contributed by atoms with Gasteiger partial charge in [-0.05, 0) is 12.0 Å². The van der Waals surface area contributed by atoms with E-state index in [-0.39, 0.29) is 0 Å². The van der Waals surface area contributed by atoms with Gasteiger partial charge in [0.25, 0.3) is 0 Å². The van der Waals surface area contributed by atoms with Crippen molar-refractivity contribution in [3.63, 3.8) is 0 Å². The minimum Gasteiger partial charge on any atom is -0.386 e. The molecule has 0 aliphatic carbocycles. The van der Waals surface area contributed by atoms with E-state index >= 15 is 0 Å². The van der Waals surface area contributed by atoms with Gasteiger partial charge in [-0.3, -0.25) is 10.1 Å². The third-order valence-electron chi connectivity index (χ3n) is 2.62. The zero-order valence-electron chi connectivity index (χ0n) is 9.82. The number of hydrogen-bond donors (Lipinski definition) is 1. The molecule has 0 amide bonds. The lowest BCUT2D eigenvalue weighted by atomic mass is 10.1. The smallest absolute Gasteiger partial charge is 0.238 e. The van der Waals surface area contributed by atoms with Crippen LogP contribution < -0.4 is 0 Å². The van der Waals surface area contributed by atoms with Gasteiger partial charge in [0, 0.05) is 11.3 Å². The van der Waals surface area contributed by atoms with Crippen LogP contribution in [0, 0.1) is 10.1 Å². The molecule has 2 atom stereocenters. The molecule has 4 heteroatoms. The average molecular weight is 235 g/mol. The lowest BCUT2D eigenvalue weighted by Gasteiger charge is -2.12. The molecular formula is C13H17NO3. The van der Waals surface area contributed by atoms with Gasteiger partial charge in [0.15, 0.2) is 0 Å². The summed E-state index contributed by atoms with van der Waals surface area (Å²) in [5.41, 5.74) is 1.02. The maximum atomic E-state index is 10.6. The van der Waals surface area contributed by atoms with Crippen molar-refractivity contribution in [3.05, 3.63) is 52.1 Å². The Morgan fingerprint density at radius 1 is 1.41 bits per heavy atom. The molecule has 0 aliphatic heterocycles. The number of hydrogen-bond acceptors (Lipinski definition) is 3. The Morgan fingerprint density at radius 3 is 2.59 bits per heavy atom. The van der Waals surface area contributed by atoms with Crippen LogP contribution in [0.1, 0.15) is 25.3 Å². The van der Waals surface area contributed by atoms with E-state index in [1.54, 1.807) is 13.0 Å². The fourth-order valence-electron chi connectivity index (χ4n) is 1.63. The Morgan fingerprint density at radius 2 is 2.06 bits per heavy atom. The molecule has 1 rings (SSSR count). The van der Waals surface area contributed by atoms with Gasteiger partial charge in [-0.15, -0.1) is 0 Å². The summed E-state index contributed by atoms with van der Waals surface area (Å²) in [7, 11) is 0. The Balaban J connectivity index is 2.50. The molecule has 17 heavy (non-hydrogen) atoms. The van der Waals surface area contributed by atoms with Gasteiger partial charge in [-0.25, -0.2) is 0 Å². The second kappa shape index (κ2) is 6.81. The van der Waals surface area contributed by atoms with Crippen LogP contribution in [-0.4, -0.2) is 22.2 Å². The number of aliphatic hydroxyl groups is 1. The molecule has 1 aromatic carbocycles. The highest BCUT2D eigenvalue weighted by molar-refractivity contribution is 5.48. The molecule has 4 nitrogen and oxygen atoms in total. The van der Waals surface area contributed by atoms with Gasteiger partial charge >= 0.3 is 0 Å². The molecule has 0 saturated heterocycles. The van der Waals surface area contributed by atoms with Gasteiger partial charge in [-0.1, -0.05) is 49.4 Å². The number of benzene rings is 1. The molecule has 1 aromatic rings. The molecule has 0 aliphatic rings. The Kier molecular flexibility index (Phi) is 5.36. The second-order valence-corrected chi connectivity index (χ2v) is 3.88. The fourth-order valence-corrected chi connectivity index (χ4v) is 1.63. The van der Waals surface area contributed by atoms with Crippen LogP contribution >= 0.6 is 0 Å². The molecule has 0 aromatic heterocycles. The minimum atomic E-state index is -0.921. The SMILES string of the molecule is CC[C@@H]([C@@H](O)C/C=C/c1ccccc1)[N+](=O)[O-]. The van der Waals surface area contributed by atoms with E-state index in [2.05, 4.69) is 0 Å². The molecule has 0 bridgehead atoms. The lowest BCUT2D eigenvalue weighted by molar-refractivity contribution is -0.534. The van der Waals surface area contributed by atoms with Crippen molar-refractivity contribution in [1.29, 1.82) is 0 Å². The number of nitro groups is 1. The van der Waals surface area contributed by atoms with E-state index in [1.807, 2.05) is 36.4 Å². The van der Waals surface area contributed by atoms with Crippen molar-refractivity contribution < 1.29 is 10.0 Å². The van der Waals surface area contributed by atoms with Gasteiger partial charge in [0.1, 0.15) is 6.10 Å². The van der Waals surface area contributed by atoms with Crippen LogP contribution in [0.15, 0.2) is 36.4 Å². The first-order valence-electron chi connectivity index (χ1n) is 5.68. The van der Waals surface area contributed by atoms with E-state index < -0.39 is 17.1 Å². The van der Waals surface area contributed by atoms with Crippen molar-refractivity contribution in [1.82, 2.24) is 0 Å². The molecule has 92 valence electrons. The summed E-state index contributed by atoms with van der Waals surface area (Å²) in [5, 5.41) is 20.3. The Bertz CT molecular complexity index is 376. The van der Waals surface area contributed by atoms with Gasteiger partial charge < -0.3 is 5.11 Å². The fraction of sp³-hybridized carbons (Fsp3) is 0.385. The van der Waals surface area contributed by atoms with Crippen LogP contribution in [0.25, 0.3) is 6.08 Å². The third-order valence-corrected chi connectivity index (χ3v) is 2.62. The van der Waals surface area contributed by atoms with Crippen LogP contribution in [0.4, 0.5) is 0 Å². The summed E-state index contributed by atoms with van der Waals surface area (Å²) in [6.07, 6.45) is 3.35.